The van der Waals surface area contributed by atoms with Gasteiger partial charge in [0, 0.05) is 23.2 Å². The third kappa shape index (κ3) is 4.39. The molecule has 128 valence electrons. The number of benzene rings is 2. The molecule has 0 atom stereocenters. The molecule has 6 heteroatoms. The third-order valence-electron chi connectivity index (χ3n) is 3.71. The second-order valence-electron chi connectivity index (χ2n) is 5.46. The van der Waals surface area contributed by atoms with Crippen LogP contribution in [0.4, 0.5) is 0 Å². The first-order valence-corrected chi connectivity index (χ1v) is 8.13. The van der Waals surface area contributed by atoms with Crippen molar-refractivity contribution >= 4 is 17.5 Å². The number of ether oxygens (including phenoxy) is 1. The average molecular weight is 357 g/mol. The van der Waals surface area contributed by atoms with Crippen LogP contribution >= 0.6 is 11.6 Å². The van der Waals surface area contributed by atoms with Gasteiger partial charge in [0.15, 0.2) is 5.76 Å². The molecule has 0 saturated carbocycles. The van der Waals surface area contributed by atoms with Crippen LogP contribution in [0, 0.1) is 0 Å². The zero-order valence-corrected chi connectivity index (χ0v) is 14.4. The van der Waals surface area contributed by atoms with Gasteiger partial charge in [-0.1, -0.05) is 35.0 Å². The van der Waals surface area contributed by atoms with E-state index in [1.807, 2.05) is 42.5 Å². The number of methoxy groups -OCH3 is 1. The van der Waals surface area contributed by atoms with E-state index in [4.69, 9.17) is 20.9 Å². The van der Waals surface area contributed by atoms with Crippen molar-refractivity contribution in [1.82, 2.24) is 10.5 Å². The van der Waals surface area contributed by atoms with Gasteiger partial charge in [-0.05, 0) is 35.9 Å². The minimum absolute atomic E-state index is 0.143. The predicted molar refractivity (Wildman–Crippen MR) is 95.5 cm³/mol. The summed E-state index contributed by atoms with van der Waals surface area (Å²) in [5.41, 5.74) is 2.31. The fourth-order valence-corrected chi connectivity index (χ4v) is 2.55. The van der Waals surface area contributed by atoms with Gasteiger partial charge in [0.25, 0.3) is 0 Å². The van der Waals surface area contributed by atoms with Gasteiger partial charge in [0.1, 0.15) is 5.75 Å². The van der Waals surface area contributed by atoms with E-state index in [-0.39, 0.29) is 12.3 Å². The molecule has 3 rings (SSSR count). The molecule has 1 heterocycles. The molecule has 3 aromatic rings. The van der Waals surface area contributed by atoms with E-state index in [9.17, 15) is 4.79 Å². The van der Waals surface area contributed by atoms with Crippen molar-refractivity contribution in [3.8, 4) is 17.1 Å². The third-order valence-corrected chi connectivity index (χ3v) is 4.08. The highest BCUT2D eigenvalue weighted by molar-refractivity contribution is 6.31. The highest BCUT2D eigenvalue weighted by Crippen LogP contribution is 2.23. The number of carbonyl (C=O) groups excluding carboxylic acids is 1. The smallest absolute Gasteiger partial charge is 0.226 e. The van der Waals surface area contributed by atoms with Crippen LogP contribution in [-0.4, -0.2) is 18.2 Å². The van der Waals surface area contributed by atoms with Crippen molar-refractivity contribution in [2.45, 2.75) is 13.0 Å². The van der Waals surface area contributed by atoms with Crippen molar-refractivity contribution in [3.05, 3.63) is 70.9 Å². The minimum atomic E-state index is -0.144. The van der Waals surface area contributed by atoms with E-state index in [1.165, 1.54) is 0 Å². The quantitative estimate of drug-likeness (QED) is 0.728. The lowest BCUT2D eigenvalue weighted by Crippen LogP contribution is -2.24. The summed E-state index contributed by atoms with van der Waals surface area (Å²) in [5.74, 6) is 1.23. The van der Waals surface area contributed by atoms with Gasteiger partial charge in [-0.25, -0.2) is 0 Å². The van der Waals surface area contributed by atoms with Gasteiger partial charge in [-0.2, -0.15) is 0 Å². The molecule has 25 heavy (non-hydrogen) atoms. The number of rotatable bonds is 6. The molecular formula is C19H17ClN2O3. The molecule has 1 N–H and O–H groups in total. The number of amides is 1. The summed E-state index contributed by atoms with van der Waals surface area (Å²) >= 11 is 6.07. The van der Waals surface area contributed by atoms with E-state index >= 15 is 0 Å². The van der Waals surface area contributed by atoms with Gasteiger partial charge >= 0.3 is 0 Å². The molecule has 0 aliphatic heterocycles. The molecule has 0 radical (unpaired) electrons. The van der Waals surface area contributed by atoms with Crippen LogP contribution in [0.3, 0.4) is 0 Å². The van der Waals surface area contributed by atoms with Crippen LogP contribution < -0.4 is 10.1 Å². The summed E-state index contributed by atoms with van der Waals surface area (Å²) in [4.78, 5) is 12.1. The lowest BCUT2D eigenvalue weighted by Gasteiger charge is -2.05. The Morgan fingerprint density at radius 1 is 1.20 bits per heavy atom. The van der Waals surface area contributed by atoms with Crippen molar-refractivity contribution < 1.29 is 14.1 Å². The number of aromatic nitrogens is 1. The summed E-state index contributed by atoms with van der Waals surface area (Å²) < 4.78 is 10.4. The van der Waals surface area contributed by atoms with Crippen LogP contribution in [0.15, 0.2) is 59.1 Å². The number of halogens is 1. The van der Waals surface area contributed by atoms with E-state index in [0.29, 0.717) is 23.0 Å². The second-order valence-corrected chi connectivity index (χ2v) is 5.86. The number of nitrogens with zero attached hydrogens (tertiary/aromatic N) is 1. The molecule has 0 aliphatic carbocycles. The fourth-order valence-electron chi connectivity index (χ4n) is 2.35. The molecule has 1 amide bonds. The first kappa shape index (κ1) is 17.0. The number of hydrogen-bond donors (Lipinski definition) is 1. The van der Waals surface area contributed by atoms with Gasteiger partial charge in [0.2, 0.25) is 5.91 Å². The molecule has 5 nitrogen and oxygen atoms in total. The number of hydrogen-bond acceptors (Lipinski definition) is 4. The first-order valence-electron chi connectivity index (χ1n) is 7.76. The Morgan fingerprint density at radius 2 is 1.96 bits per heavy atom. The Labute approximate surface area is 150 Å². The van der Waals surface area contributed by atoms with Crippen LogP contribution in [0.2, 0.25) is 5.02 Å². The van der Waals surface area contributed by atoms with Crippen molar-refractivity contribution in [3.63, 3.8) is 0 Å². The standard InChI is InChI=1S/C19H17ClN2O3/c1-24-16-8-6-13(7-9-16)18-10-15(22-25-18)11-19(23)21-12-14-4-2-3-5-17(14)20/h2-10H,11-12H2,1H3,(H,21,23). The van der Waals surface area contributed by atoms with E-state index < -0.39 is 0 Å². The monoisotopic (exact) mass is 356 g/mol. The van der Waals surface area contributed by atoms with Crippen molar-refractivity contribution in [1.29, 1.82) is 0 Å². The Kier molecular flexibility index (Phi) is 5.36. The topological polar surface area (TPSA) is 64.4 Å². The van der Waals surface area contributed by atoms with Gasteiger partial charge in [-0.15, -0.1) is 0 Å². The second kappa shape index (κ2) is 7.85. The van der Waals surface area contributed by atoms with E-state index in [0.717, 1.165) is 16.9 Å². The fraction of sp³-hybridized carbons (Fsp3) is 0.158. The number of carbonyl (C=O) groups is 1. The lowest BCUT2D eigenvalue weighted by atomic mass is 10.1. The lowest BCUT2D eigenvalue weighted by molar-refractivity contribution is -0.120. The van der Waals surface area contributed by atoms with Crippen molar-refractivity contribution in [2.24, 2.45) is 0 Å². The van der Waals surface area contributed by atoms with Crippen LogP contribution in [0.25, 0.3) is 11.3 Å². The summed E-state index contributed by atoms with van der Waals surface area (Å²) in [6.45, 7) is 0.377. The Balaban J connectivity index is 1.59. The van der Waals surface area contributed by atoms with E-state index in [2.05, 4.69) is 10.5 Å². The maximum Gasteiger partial charge on any atom is 0.226 e. The first-order chi connectivity index (χ1) is 12.2. The molecular weight excluding hydrogens is 340 g/mol. The molecule has 0 aliphatic rings. The predicted octanol–water partition coefficient (Wildman–Crippen LogP) is 3.86. The maximum atomic E-state index is 12.1. The maximum absolute atomic E-state index is 12.1. The van der Waals surface area contributed by atoms with Gasteiger partial charge < -0.3 is 14.6 Å². The molecule has 0 saturated heterocycles. The molecule has 1 aromatic heterocycles. The Hall–Kier alpha value is -2.79. The molecule has 0 bridgehead atoms. The Bertz CT molecular complexity index is 859. The Morgan fingerprint density at radius 3 is 2.68 bits per heavy atom. The van der Waals surface area contributed by atoms with Crippen LogP contribution in [-0.2, 0) is 17.8 Å². The van der Waals surface area contributed by atoms with E-state index in [1.54, 1.807) is 19.2 Å². The highest BCUT2D eigenvalue weighted by atomic mass is 35.5. The average Bonchev–Trinajstić information content (AvgIpc) is 3.09. The van der Waals surface area contributed by atoms with Crippen LogP contribution in [0.5, 0.6) is 5.75 Å². The highest BCUT2D eigenvalue weighted by Gasteiger charge is 2.11. The molecule has 0 unspecified atom stereocenters. The summed E-state index contributed by atoms with van der Waals surface area (Å²) in [6.07, 6.45) is 0.143. The van der Waals surface area contributed by atoms with Gasteiger partial charge in [-0.3, -0.25) is 4.79 Å². The zero-order valence-electron chi connectivity index (χ0n) is 13.7. The van der Waals surface area contributed by atoms with Gasteiger partial charge in [0.05, 0.1) is 19.2 Å². The minimum Gasteiger partial charge on any atom is -0.497 e. The SMILES string of the molecule is COc1ccc(-c2cc(CC(=O)NCc3ccccc3Cl)no2)cc1. The normalized spacial score (nSPS) is 10.5. The molecule has 0 fully saturated rings. The zero-order chi connectivity index (χ0) is 17.6. The summed E-state index contributed by atoms with van der Waals surface area (Å²) in [5, 5.41) is 7.42. The summed E-state index contributed by atoms with van der Waals surface area (Å²) in [6, 6.07) is 16.6. The molecule has 0 spiro atoms. The summed E-state index contributed by atoms with van der Waals surface area (Å²) in [7, 11) is 1.61. The number of nitrogens with one attached hydrogen (secondary N) is 1. The molecule has 2 aromatic carbocycles. The van der Waals surface area contributed by atoms with Crippen molar-refractivity contribution in [2.75, 3.05) is 7.11 Å². The largest absolute Gasteiger partial charge is 0.497 e. The van der Waals surface area contributed by atoms with Crippen LogP contribution in [0.1, 0.15) is 11.3 Å².